The molecular weight excluding hydrogens is 234 g/mol. The fraction of sp³-hybridized carbons (Fsp3) is 1.00. The molecule has 0 rings (SSSR count). The number of rotatable bonds is 13. The van der Waals surface area contributed by atoms with Gasteiger partial charge in [0.25, 0.3) is 6.43 Å². The van der Waals surface area contributed by atoms with E-state index in [-0.39, 0.29) is 6.54 Å². The van der Waals surface area contributed by atoms with E-state index < -0.39 is 6.43 Å². The number of alkyl halides is 2. The lowest BCUT2D eigenvalue weighted by Gasteiger charge is -2.20. The second-order valence-corrected chi connectivity index (χ2v) is 4.96. The lowest BCUT2D eigenvalue weighted by molar-refractivity contribution is 0.0887. The van der Waals surface area contributed by atoms with Gasteiger partial charge in [-0.3, -0.25) is 4.90 Å². The molecule has 2 nitrogen and oxygen atoms in total. The number of nitrogens with zero attached hydrogens (tertiary/aromatic N) is 1. The van der Waals surface area contributed by atoms with Gasteiger partial charge < -0.3 is 5.73 Å². The highest BCUT2D eigenvalue weighted by Gasteiger charge is 2.10. The van der Waals surface area contributed by atoms with Crippen LogP contribution in [0.15, 0.2) is 0 Å². The van der Waals surface area contributed by atoms with E-state index in [9.17, 15) is 8.78 Å². The van der Waals surface area contributed by atoms with Crippen LogP contribution in [0.4, 0.5) is 8.78 Å². The summed E-state index contributed by atoms with van der Waals surface area (Å²) in [5, 5.41) is 0. The van der Waals surface area contributed by atoms with Crippen molar-refractivity contribution in [2.45, 2.75) is 64.7 Å². The van der Waals surface area contributed by atoms with Crippen molar-refractivity contribution in [2.24, 2.45) is 5.73 Å². The van der Waals surface area contributed by atoms with E-state index in [0.29, 0.717) is 13.1 Å². The molecule has 0 aromatic carbocycles. The second kappa shape index (κ2) is 13.2. The summed E-state index contributed by atoms with van der Waals surface area (Å²) in [5.74, 6) is 0. The van der Waals surface area contributed by atoms with Gasteiger partial charge >= 0.3 is 0 Å². The number of halogens is 2. The fourth-order valence-electron chi connectivity index (χ4n) is 2.14. The van der Waals surface area contributed by atoms with E-state index in [1.807, 2.05) is 0 Å². The molecule has 0 aliphatic rings. The number of unbranched alkanes of at least 4 members (excludes halogenated alkanes) is 7. The minimum Gasteiger partial charge on any atom is -0.329 e. The lowest BCUT2D eigenvalue weighted by atomic mass is 10.1. The molecule has 0 heterocycles. The fourth-order valence-corrected chi connectivity index (χ4v) is 2.14. The Bertz CT molecular complexity index is 166. The SMILES string of the molecule is CCCCCCCCCCN(CCN)CC(F)F. The van der Waals surface area contributed by atoms with E-state index in [1.165, 1.54) is 38.5 Å². The lowest BCUT2D eigenvalue weighted by Crippen LogP contribution is -2.34. The third-order valence-corrected chi connectivity index (χ3v) is 3.17. The summed E-state index contributed by atoms with van der Waals surface area (Å²) >= 11 is 0. The topological polar surface area (TPSA) is 29.3 Å². The highest BCUT2D eigenvalue weighted by molar-refractivity contribution is 4.60. The largest absolute Gasteiger partial charge is 0.329 e. The molecule has 18 heavy (non-hydrogen) atoms. The molecule has 2 N–H and O–H groups in total. The third-order valence-electron chi connectivity index (χ3n) is 3.17. The van der Waals surface area contributed by atoms with Crippen molar-refractivity contribution in [3.8, 4) is 0 Å². The van der Waals surface area contributed by atoms with E-state index in [2.05, 4.69) is 6.92 Å². The van der Waals surface area contributed by atoms with Gasteiger partial charge in [0, 0.05) is 13.1 Å². The van der Waals surface area contributed by atoms with E-state index >= 15 is 0 Å². The van der Waals surface area contributed by atoms with E-state index in [4.69, 9.17) is 5.73 Å². The molecule has 0 aromatic rings. The first-order valence-electron chi connectivity index (χ1n) is 7.41. The zero-order chi connectivity index (χ0) is 13.6. The van der Waals surface area contributed by atoms with Crippen LogP contribution in [0.25, 0.3) is 0 Å². The summed E-state index contributed by atoms with van der Waals surface area (Å²) in [6.07, 6.45) is 7.70. The Hall–Kier alpha value is -0.220. The van der Waals surface area contributed by atoms with Gasteiger partial charge in [0.2, 0.25) is 0 Å². The maximum atomic E-state index is 12.3. The van der Waals surface area contributed by atoms with Crippen molar-refractivity contribution in [3.63, 3.8) is 0 Å². The number of hydrogen-bond donors (Lipinski definition) is 1. The van der Waals surface area contributed by atoms with Crippen molar-refractivity contribution in [3.05, 3.63) is 0 Å². The second-order valence-electron chi connectivity index (χ2n) is 4.96. The first kappa shape index (κ1) is 17.8. The Morgan fingerprint density at radius 2 is 1.44 bits per heavy atom. The Morgan fingerprint density at radius 3 is 1.94 bits per heavy atom. The molecule has 0 amide bonds. The predicted octanol–water partition coefficient (Wildman–Crippen LogP) is 3.65. The molecule has 4 heteroatoms. The van der Waals surface area contributed by atoms with Crippen LogP contribution >= 0.6 is 0 Å². The zero-order valence-electron chi connectivity index (χ0n) is 11.8. The van der Waals surface area contributed by atoms with Crippen molar-refractivity contribution >= 4 is 0 Å². The monoisotopic (exact) mass is 264 g/mol. The minimum atomic E-state index is -2.24. The summed E-state index contributed by atoms with van der Waals surface area (Å²) in [4.78, 5) is 1.78. The zero-order valence-corrected chi connectivity index (χ0v) is 11.8. The molecule has 0 radical (unpaired) electrons. The molecular formula is C14H30F2N2. The maximum absolute atomic E-state index is 12.3. The average molecular weight is 264 g/mol. The van der Waals surface area contributed by atoms with Crippen LogP contribution in [-0.4, -0.2) is 37.5 Å². The Labute approximate surface area is 111 Å². The van der Waals surface area contributed by atoms with Crippen LogP contribution in [0, 0.1) is 0 Å². The summed E-state index contributed by atoms with van der Waals surface area (Å²) in [7, 11) is 0. The Morgan fingerprint density at radius 1 is 0.889 bits per heavy atom. The van der Waals surface area contributed by atoms with Gasteiger partial charge in [-0.05, 0) is 13.0 Å². The van der Waals surface area contributed by atoms with Crippen LogP contribution < -0.4 is 5.73 Å². The molecule has 0 fully saturated rings. The summed E-state index contributed by atoms with van der Waals surface area (Å²) in [6.45, 7) is 3.89. The smallest absolute Gasteiger partial charge is 0.251 e. The molecule has 0 bridgehead atoms. The van der Waals surface area contributed by atoms with Crippen LogP contribution in [0.2, 0.25) is 0 Å². The average Bonchev–Trinajstić information content (AvgIpc) is 2.32. The highest BCUT2D eigenvalue weighted by Crippen LogP contribution is 2.09. The van der Waals surface area contributed by atoms with Gasteiger partial charge in [0.15, 0.2) is 0 Å². The van der Waals surface area contributed by atoms with Gasteiger partial charge in [-0.1, -0.05) is 51.9 Å². The molecule has 110 valence electrons. The normalized spacial score (nSPS) is 11.7. The van der Waals surface area contributed by atoms with Gasteiger partial charge in [-0.15, -0.1) is 0 Å². The van der Waals surface area contributed by atoms with Crippen LogP contribution in [0.5, 0.6) is 0 Å². The first-order chi connectivity index (χ1) is 8.70. The summed E-state index contributed by atoms with van der Waals surface area (Å²) < 4.78 is 24.5. The summed E-state index contributed by atoms with van der Waals surface area (Å²) in [6, 6.07) is 0. The number of hydrogen-bond acceptors (Lipinski definition) is 2. The Balaban J connectivity index is 3.37. The minimum absolute atomic E-state index is 0.131. The van der Waals surface area contributed by atoms with Crippen molar-refractivity contribution in [1.82, 2.24) is 4.90 Å². The maximum Gasteiger partial charge on any atom is 0.251 e. The van der Waals surface area contributed by atoms with Crippen molar-refractivity contribution in [1.29, 1.82) is 0 Å². The highest BCUT2D eigenvalue weighted by atomic mass is 19.3. The molecule has 0 aromatic heterocycles. The number of nitrogens with two attached hydrogens (primary N) is 1. The van der Waals surface area contributed by atoms with Crippen LogP contribution in [-0.2, 0) is 0 Å². The molecule has 0 aliphatic carbocycles. The van der Waals surface area contributed by atoms with Gasteiger partial charge in [0.1, 0.15) is 0 Å². The molecule has 0 unspecified atom stereocenters. The molecule has 0 aliphatic heterocycles. The standard InChI is InChI=1S/C14H30F2N2/c1-2-3-4-5-6-7-8-9-11-18(12-10-17)13-14(15)16/h14H,2-13,17H2,1H3. The van der Waals surface area contributed by atoms with Gasteiger partial charge in [-0.25, -0.2) is 8.78 Å². The molecule has 0 saturated heterocycles. The van der Waals surface area contributed by atoms with E-state index in [0.717, 1.165) is 19.4 Å². The quantitative estimate of drug-likeness (QED) is 0.514. The van der Waals surface area contributed by atoms with Gasteiger partial charge in [0.05, 0.1) is 6.54 Å². The first-order valence-corrected chi connectivity index (χ1v) is 7.41. The molecule has 0 spiro atoms. The van der Waals surface area contributed by atoms with Crippen LogP contribution in [0.3, 0.4) is 0 Å². The predicted molar refractivity (Wildman–Crippen MR) is 74.1 cm³/mol. The van der Waals surface area contributed by atoms with Crippen molar-refractivity contribution in [2.75, 3.05) is 26.2 Å². The Kier molecular flexibility index (Phi) is 13.1. The molecule has 0 saturated carbocycles. The van der Waals surface area contributed by atoms with Gasteiger partial charge in [-0.2, -0.15) is 0 Å². The van der Waals surface area contributed by atoms with Crippen LogP contribution in [0.1, 0.15) is 58.3 Å². The molecule has 0 atom stereocenters. The van der Waals surface area contributed by atoms with Crippen molar-refractivity contribution < 1.29 is 8.78 Å². The summed E-state index contributed by atoms with van der Waals surface area (Å²) in [5.41, 5.74) is 5.42. The third kappa shape index (κ3) is 12.2. The van der Waals surface area contributed by atoms with E-state index in [1.54, 1.807) is 4.90 Å².